The number of nitrogens with one attached hydrogen (secondary N) is 1. The van der Waals surface area contributed by atoms with E-state index in [1.165, 1.54) is 0 Å². The Morgan fingerprint density at radius 3 is 2.07 bits per heavy atom. The average Bonchev–Trinajstić information content (AvgIpc) is 2.59. The van der Waals surface area contributed by atoms with Gasteiger partial charge in [-0.3, -0.25) is 4.79 Å². The Morgan fingerprint density at radius 1 is 1.00 bits per heavy atom. The molecule has 2 fully saturated rings. The molecule has 0 aliphatic carbocycles. The van der Waals surface area contributed by atoms with Gasteiger partial charge in [0.05, 0.1) is 6.61 Å². The zero-order chi connectivity index (χ0) is 20.7. The fourth-order valence-corrected chi connectivity index (χ4v) is 3.27. The van der Waals surface area contributed by atoms with Gasteiger partial charge in [0.1, 0.15) is 48.8 Å². The fraction of sp³-hybridized carbons (Fsp3) is 0.857. The molecule has 27 heavy (non-hydrogen) atoms. The monoisotopic (exact) mass is 397 g/mol. The number of carboxylic acid groups (broad SMARTS) is 1. The Labute approximate surface area is 152 Å². The number of amides is 1. The van der Waals surface area contributed by atoms with Gasteiger partial charge in [-0.05, 0) is 0 Å². The van der Waals surface area contributed by atoms with Crippen LogP contribution in [0.3, 0.4) is 0 Å². The second-order valence-corrected chi connectivity index (χ2v) is 6.54. The van der Waals surface area contributed by atoms with E-state index in [4.69, 9.17) is 14.6 Å². The summed E-state index contributed by atoms with van der Waals surface area (Å²) in [4.78, 5) is 22.7. The van der Waals surface area contributed by atoms with Crippen LogP contribution >= 0.6 is 0 Å². The van der Waals surface area contributed by atoms with Crippen LogP contribution < -0.4 is 5.32 Å². The highest BCUT2D eigenvalue weighted by atomic mass is 16.7. The van der Waals surface area contributed by atoms with E-state index in [1.54, 1.807) is 0 Å². The van der Waals surface area contributed by atoms with Crippen molar-refractivity contribution in [1.82, 2.24) is 5.32 Å². The van der Waals surface area contributed by atoms with Crippen LogP contribution in [0.2, 0.25) is 0 Å². The molecular weight excluding hydrogens is 374 g/mol. The molecule has 1 amide bonds. The summed E-state index contributed by atoms with van der Waals surface area (Å²) in [5, 5.41) is 81.6. The van der Waals surface area contributed by atoms with E-state index >= 15 is 0 Å². The molecule has 0 saturated carbocycles. The van der Waals surface area contributed by atoms with Gasteiger partial charge in [0.2, 0.25) is 11.7 Å². The summed E-state index contributed by atoms with van der Waals surface area (Å²) in [6, 6.07) is -1.84. The third-order valence-electron chi connectivity index (χ3n) is 4.66. The largest absolute Gasteiger partial charge is 0.479 e. The van der Waals surface area contributed by atoms with E-state index in [2.05, 4.69) is 5.32 Å². The lowest BCUT2D eigenvalue weighted by Crippen LogP contribution is -2.78. The first-order valence-corrected chi connectivity index (χ1v) is 8.02. The predicted octanol–water partition coefficient (Wildman–Crippen LogP) is -5.77. The zero-order valence-corrected chi connectivity index (χ0v) is 14.1. The number of aliphatic carboxylic acids is 1. The summed E-state index contributed by atoms with van der Waals surface area (Å²) in [5.74, 6) is -5.41. The van der Waals surface area contributed by atoms with E-state index in [-0.39, 0.29) is 0 Å². The van der Waals surface area contributed by atoms with Crippen molar-refractivity contribution in [3.05, 3.63) is 0 Å². The number of aliphatic hydroxyl groups excluding tert-OH is 6. The number of hydrogen-bond donors (Lipinski definition) is 9. The molecule has 2 unspecified atom stereocenters. The molecule has 0 aromatic rings. The molecule has 2 aliphatic rings. The Balaban J connectivity index is 2.47. The minimum absolute atomic E-state index is 0.795. The Morgan fingerprint density at radius 2 is 1.59 bits per heavy atom. The van der Waals surface area contributed by atoms with E-state index < -0.39 is 79.1 Å². The van der Waals surface area contributed by atoms with Crippen LogP contribution in [0.4, 0.5) is 0 Å². The molecule has 2 saturated heterocycles. The third kappa shape index (κ3) is 3.78. The summed E-state index contributed by atoms with van der Waals surface area (Å²) in [7, 11) is 0. The van der Waals surface area contributed by atoms with Crippen molar-refractivity contribution in [1.29, 1.82) is 0 Å². The molecule has 13 nitrogen and oxygen atoms in total. The molecule has 2 rings (SSSR count). The highest BCUT2D eigenvalue weighted by Gasteiger charge is 2.63. The molecule has 156 valence electrons. The average molecular weight is 397 g/mol. The molecule has 2 aliphatic heterocycles. The Kier molecular flexibility index (Phi) is 6.40. The van der Waals surface area contributed by atoms with Gasteiger partial charge >= 0.3 is 5.97 Å². The van der Waals surface area contributed by atoms with Gasteiger partial charge in [-0.1, -0.05) is 0 Å². The molecular formula is C14H23NO12. The third-order valence-corrected chi connectivity index (χ3v) is 4.66. The number of aliphatic hydroxyl groups is 7. The maximum absolute atomic E-state index is 11.4. The van der Waals surface area contributed by atoms with Gasteiger partial charge in [-0.15, -0.1) is 0 Å². The quantitative estimate of drug-likeness (QED) is 0.216. The first kappa shape index (κ1) is 21.9. The van der Waals surface area contributed by atoms with Crippen LogP contribution in [-0.4, -0.2) is 120 Å². The number of carbonyl (C=O) groups is 2. The first-order chi connectivity index (χ1) is 12.5. The van der Waals surface area contributed by atoms with E-state index in [0.29, 0.717) is 0 Å². The summed E-state index contributed by atoms with van der Waals surface area (Å²) in [5.41, 5.74) is 0. The van der Waals surface area contributed by atoms with Crippen LogP contribution in [0.15, 0.2) is 0 Å². The van der Waals surface area contributed by atoms with Crippen molar-refractivity contribution in [3.8, 4) is 0 Å². The number of rotatable bonds is 4. The lowest BCUT2D eigenvalue weighted by atomic mass is 9.81. The van der Waals surface area contributed by atoms with Crippen molar-refractivity contribution in [2.75, 3.05) is 6.61 Å². The van der Waals surface area contributed by atoms with Crippen LogP contribution in [0.5, 0.6) is 0 Å². The lowest BCUT2D eigenvalue weighted by molar-refractivity contribution is -0.382. The molecule has 0 aromatic heterocycles. The molecule has 0 aromatic carbocycles. The van der Waals surface area contributed by atoms with Gasteiger partial charge in [0.15, 0.2) is 6.10 Å². The van der Waals surface area contributed by atoms with E-state index in [0.717, 1.165) is 6.92 Å². The van der Waals surface area contributed by atoms with Crippen LogP contribution in [-0.2, 0) is 19.1 Å². The normalized spacial score (nSPS) is 48.1. The van der Waals surface area contributed by atoms with Crippen molar-refractivity contribution in [3.63, 3.8) is 0 Å². The molecule has 0 spiro atoms. The molecule has 0 radical (unpaired) electrons. The highest BCUT2D eigenvalue weighted by Crippen LogP contribution is 2.37. The Hall–Kier alpha value is -1.42. The van der Waals surface area contributed by atoms with Crippen LogP contribution in [0, 0.1) is 0 Å². The number of carbonyl (C=O) groups excluding carboxylic acids is 1. The predicted molar refractivity (Wildman–Crippen MR) is 80.8 cm³/mol. The van der Waals surface area contributed by atoms with Gasteiger partial charge in [-0.2, -0.15) is 0 Å². The number of carboxylic acids is 1. The standard InChI is InChI=1S/C14H23NO12/c1-3(17)15-11-8(21)5(18)4(2-16)27-14(11,25)12-9(22)6(19)7(20)10(26-12)13(23)24/h4-12,16,18-22,25H,2H2,1H3,(H,15,17)(H,23,24)/t4-,5-,6+,7+,8+,9-,10+,11-,12?,14?/m1/s1. The topological polar surface area (TPSA) is 226 Å². The SMILES string of the molecule is CC(=O)N[C@@H]1[C@@H](O)[C@H](O)[C@@H](CO)OC1(O)C1O[C@H](C(=O)O)[C@@H](O)[C@H](O)[C@H]1O. The van der Waals surface area contributed by atoms with Crippen molar-refractivity contribution < 1.29 is 59.9 Å². The minimum atomic E-state index is -2.88. The lowest BCUT2D eigenvalue weighted by Gasteiger charge is -2.53. The van der Waals surface area contributed by atoms with Crippen LogP contribution in [0.25, 0.3) is 0 Å². The molecule has 9 N–H and O–H groups in total. The smallest absolute Gasteiger partial charge is 0.335 e. The second-order valence-electron chi connectivity index (χ2n) is 6.54. The maximum Gasteiger partial charge on any atom is 0.335 e. The maximum atomic E-state index is 11.4. The van der Waals surface area contributed by atoms with Gasteiger partial charge in [0.25, 0.3) is 0 Å². The fourth-order valence-electron chi connectivity index (χ4n) is 3.27. The van der Waals surface area contributed by atoms with E-state index in [9.17, 15) is 45.3 Å². The number of hydrogen-bond acceptors (Lipinski definition) is 11. The molecule has 13 heteroatoms. The van der Waals surface area contributed by atoms with Crippen LogP contribution in [0.1, 0.15) is 6.92 Å². The zero-order valence-electron chi connectivity index (χ0n) is 14.1. The van der Waals surface area contributed by atoms with Gasteiger partial charge in [0, 0.05) is 6.92 Å². The van der Waals surface area contributed by atoms with Crippen molar-refractivity contribution in [2.45, 2.75) is 67.6 Å². The molecule has 10 atom stereocenters. The summed E-state index contributed by atoms with van der Waals surface area (Å²) < 4.78 is 10.2. The second kappa shape index (κ2) is 7.90. The van der Waals surface area contributed by atoms with Crippen molar-refractivity contribution in [2.24, 2.45) is 0 Å². The van der Waals surface area contributed by atoms with E-state index in [1.807, 2.05) is 0 Å². The highest BCUT2D eigenvalue weighted by molar-refractivity contribution is 5.74. The molecule has 2 heterocycles. The van der Waals surface area contributed by atoms with Gasteiger partial charge in [-0.25, -0.2) is 4.79 Å². The number of ether oxygens (including phenoxy) is 2. The summed E-state index contributed by atoms with van der Waals surface area (Å²) >= 11 is 0. The molecule has 0 bridgehead atoms. The Bertz CT molecular complexity index is 574. The first-order valence-electron chi connectivity index (χ1n) is 8.02. The summed E-state index contributed by atoms with van der Waals surface area (Å²) in [6.45, 7) is 0.109. The van der Waals surface area contributed by atoms with Gasteiger partial charge < -0.3 is 55.6 Å². The van der Waals surface area contributed by atoms with Crippen molar-refractivity contribution >= 4 is 11.9 Å². The summed E-state index contributed by atoms with van der Waals surface area (Å²) in [6.07, 6.45) is -15.7. The minimum Gasteiger partial charge on any atom is -0.479 e.